The fraction of sp³-hybridized carbons (Fsp3) is 0.267. The van der Waals surface area contributed by atoms with Crippen LogP contribution in [0, 0.1) is 0 Å². The van der Waals surface area contributed by atoms with E-state index >= 15 is 0 Å². The summed E-state index contributed by atoms with van der Waals surface area (Å²) in [7, 11) is 0. The first-order valence-corrected chi connectivity index (χ1v) is 6.85. The number of carbonyl (C=O) groups is 2. The second-order valence-corrected chi connectivity index (χ2v) is 4.36. The maximum Gasteiger partial charge on any atom is 0.339 e. The molecule has 2 N–H and O–H groups in total. The molecule has 2 aromatic rings. The van der Waals surface area contributed by atoms with Gasteiger partial charge in [-0.25, -0.2) is 9.78 Å². The third-order valence-corrected chi connectivity index (χ3v) is 2.74. The molecule has 0 unspecified atom stereocenters. The average molecular weight is 303 g/mol. The van der Waals surface area contributed by atoms with Crippen LogP contribution in [0.1, 0.15) is 23.0 Å². The quantitative estimate of drug-likeness (QED) is 0.754. The third-order valence-electron chi connectivity index (χ3n) is 2.74. The van der Waals surface area contributed by atoms with Gasteiger partial charge in [-0.2, -0.15) is 0 Å². The summed E-state index contributed by atoms with van der Waals surface area (Å²) in [6.07, 6.45) is 2.95. The highest BCUT2D eigenvalue weighted by molar-refractivity contribution is 5.89. The Morgan fingerprint density at radius 3 is 2.82 bits per heavy atom. The lowest BCUT2D eigenvalue weighted by Crippen LogP contribution is -2.29. The van der Waals surface area contributed by atoms with E-state index in [4.69, 9.17) is 9.15 Å². The molecule has 0 fully saturated rings. The predicted octanol–water partition coefficient (Wildman–Crippen LogP) is 1.58. The normalized spacial score (nSPS) is 10.0. The Morgan fingerprint density at radius 2 is 2.18 bits per heavy atom. The number of furan rings is 1. The number of hydrogen-bond acceptors (Lipinski definition) is 6. The SMILES string of the molecule is CCOC(=O)c1ccc(NCC(=O)NCc2ccco2)nc1. The Balaban J connectivity index is 1.76. The molecule has 0 spiro atoms. The molecule has 1 amide bonds. The van der Waals surface area contributed by atoms with Crippen LogP contribution in [0.15, 0.2) is 41.1 Å². The fourth-order valence-corrected chi connectivity index (χ4v) is 1.67. The van der Waals surface area contributed by atoms with Crippen molar-refractivity contribution in [3.8, 4) is 0 Å². The van der Waals surface area contributed by atoms with Crippen LogP contribution in [-0.4, -0.2) is 30.0 Å². The van der Waals surface area contributed by atoms with Crippen molar-refractivity contribution >= 4 is 17.7 Å². The van der Waals surface area contributed by atoms with Crippen molar-refractivity contribution in [3.63, 3.8) is 0 Å². The number of carbonyl (C=O) groups excluding carboxylic acids is 2. The maximum absolute atomic E-state index is 11.7. The number of ether oxygens (including phenoxy) is 1. The minimum absolute atomic E-state index is 0.0759. The average Bonchev–Trinajstić information content (AvgIpc) is 3.05. The van der Waals surface area contributed by atoms with Crippen molar-refractivity contribution in [3.05, 3.63) is 48.0 Å². The van der Waals surface area contributed by atoms with Crippen molar-refractivity contribution in [2.75, 3.05) is 18.5 Å². The molecule has 0 saturated carbocycles. The molecule has 0 aliphatic carbocycles. The van der Waals surface area contributed by atoms with Crippen LogP contribution in [-0.2, 0) is 16.1 Å². The molecule has 7 heteroatoms. The zero-order chi connectivity index (χ0) is 15.8. The molecule has 22 heavy (non-hydrogen) atoms. The first-order valence-electron chi connectivity index (χ1n) is 6.85. The fourth-order valence-electron chi connectivity index (χ4n) is 1.67. The minimum Gasteiger partial charge on any atom is -0.467 e. The Morgan fingerprint density at radius 1 is 1.32 bits per heavy atom. The lowest BCUT2D eigenvalue weighted by atomic mass is 10.3. The molecule has 7 nitrogen and oxygen atoms in total. The summed E-state index contributed by atoms with van der Waals surface area (Å²) in [5, 5.41) is 5.57. The summed E-state index contributed by atoms with van der Waals surface area (Å²) in [5.41, 5.74) is 0.370. The Labute approximate surface area is 127 Å². The Hall–Kier alpha value is -2.83. The summed E-state index contributed by atoms with van der Waals surface area (Å²) in [6.45, 7) is 2.46. The van der Waals surface area contributed by atoms with Crippen LogP contribution in [0.5, 0.6) is 0 Å². The number of anilines is 1. The molecule has 2 aromatic heterocycles. The number of rotatable bonds is 7. The topological polar surface area (TPSA) is 93.5 Å². The zero-order valence-electron chi connectivity index (χ0n) is 12.2. The van der Waals surface area contributed by atoms with Crippen molar-refractivity contribution in [1.29, 1.82) is 0 Å². The highest BCUT2D eigenvalue weighted by atomic mass is 16.5. The van der Waals surface area contributed by atoms with E-state index in [0.29, 0.717) is 30.3 Å². The summed E-state index contributed by atoms with van der Waals surface area (Å²) >= 11 is 0. The van der Waals surface area contributed by atoms with Gasteiger partial charge in [-0.15, -0.1) is 0 Å². The standard InChI is InChI=1S/C15H17N3O4/c1-2-21-15(20)11-5-6-13(16-8-11)17-10-14(19)18-9-12-4-3-7-22-12/h3-8H,2,9-10H2,1H3,(H,16,17)(H,18,19). The van der Waals surface area contributed by atoms with Gasteiger partial charge in [0.05, 0.1) is 31.5 Å². The van der Waals surface area contributed by atoms with E-state index in [-0.39, 0.29) is 12.5 Å². The molecule has 2 heterocycles. The number of esters is 1. The molecule has 0 aliphatic heterocycles. The van der Waals surface area contributed by atoms with Gasteiger partial charge >= 0.3 is 5.97 Å². The molecular formula is C15H17N3O4. The number of pyridine rings is 1. The highest BCUT2D eigenvalue weighted by Gasteiger charge is 2.07. The van der Waals surface area contributed by atoms with Gasteiger partial charge in [0, 0.05) is 6.20 Å². The van der Waals surface area contributed by atoms with E-state index < -0.39 is 5.97 Å². The first kappa shape index (κ1) is 15.6. The van der Waals surface area contributed by atoms with Gasteiger partial charge in [0.25, 0.3) is 0 Å². The van der Waals surface area contributed by atoms with E-state index in [1.807, 2.05) is 0 Å². The van der Waals surface area contributed by atoms with Gasteiger partial charge in [-0.05, 0) is 31.2 Å². The van der Waals surface area contributed by atoms with Crippen molar-refractivity contribution in [2.45, 2.75) is 13.5 Å². The Bertz CT molecular complexity index is 608. The van der Waals surface area contributed by atoms with Gasteiger partial charge in [-0.1, -0.05) is 0 Å². The second-order valence-electron chi connectivity index (χ2n) is 4.36. The summed E-state index contributed by atoms with van der Waals surface area (Å²) in [6, 6.07) is 6.75. The molecular weight excluding hydrogens is 286 g/mol. The molecule has 0 bridgehead atoms. The highest BCUT2D eigenvalue weighted by Crippen LogP contribution is 2.06. The van der Waals surface area contributed by atoms with Gasteiger partial charge < -0.3 is 19.8 Å². The molecule has 0 radical (unpaired) electrons. The van der Waals surface area contributed by atoms with Gasteiger partial charge in [0.15, 0.2) is 0 Å². The zero-order valence-corrected chi connectivity index (χ0v) is 12.2. The summed E-state index contributed by atoms with van der Waals surface area (Å²) in [4.78, 5) is 27.2. The molecule has 116 valence electrons. The van der Waals surface area contributed by atoms with Crippen LogP contribution in [0.25, 0.3) is 0 Å². The predicted molar refractivity (Wildman–Crippen MR) is 79.2 cm³/mol. The van der Waals surface area contributed by atoms with Crippen LogP contribution in [0.2, 0.25) is 0 Å². The lowest BCUT2D eigenvalue weighted by molar-refractivity contribution is -0.119. The van der Waals surface area contributed by atoms with Crippen molar-refractivity contribution in [2.24, 2.45) is 0 Å². The van der Waals surface area contributed by atoms with Crippen molar-refractivity contribution in [1.82, 2.24) is 10.3 Å². The van der Waals surface area contributed by atoms with E-state index in [1.54, 1.807) is 37.5 Å². The third kappa shape index (κ3) is 4.62. The van der Waals surface area contributed by atoms with Gasteiger partial charge in [0.2, 0.25) is 5.91 Å². The van der Waals surface area contributed by atoms with E-state index in [0.717, 1.165) is 0 Å². The number of hydrogen-bond donors (Lipinski definition) is 2. The number of nitrogens with zero attached hydrogens (tertiary/aromatic N) is 1. The molecule has 0 aliphatic rings. The van der Waals surface area contributed by atoms with Crippen LogP contribution in [0.4, 0.5) is 5.82 Å². The lowest BCUT2D eigenvalue weighted by Gasteiger charge is -2.07. The van der Waals surface area contributed by atoms with E-state index in [1.165, 1.54) is 6.20 Å². The van der Waals surface area contributed by atoms with Gasteiger partial charge in [-0.3, -0.25) is 4.79 Å². The summed E-state index contributed by atoms with van der Waals surface area (Å²) < 4.78 is 9.97. The van der Waals surface area contributed by atoms with Crippen LogP contribution >= 0.6 is 0 Å². The molecule has 0 atom stereocenters. The maximum atomic E-state index is 11.7. The number of nitrogens with one attached hydrogen (secondary N) is 2. The molecule has 0 saturated heterocycles. The monoisotopic (exact) mass is 303 g/mol. The van der Waals surface area contributed by atoms with Crippen molar-refractivity contribution < 1.29 is 18.7 Å². The second kappa shape index (κ2) is 7.82. The molecule has 2 rings (SSSR count). The number of amides is 1. The minimum atomic E-state index is -0.419. The van der Waals surface area contributed by atoms with E-state index in [2.05, 4.69) is 15.6 Å². The number of aromatic nitrogens is 1. The van der Waals surface area contributed by atoms with Crippen LogP contribution < -0.4 is 10.6 Å². The summed E-state index contributed by atoms with van der Waals surface area (Å²) in [5.74, 6) is 0.580. The van der Waals surface area contributed by atoms with Crippen LogP contribution in [0.3, 0.4) is 0 Å². The first-order chi connectivity index (χ1) is 10.7. The Kier molecular flexibility index (Phi) is 5.53. The largest absolute Gasteiger partial charge is 0.467 e. The van der Waals surface area contributed by atoms with E-state index in [9.17, 15) is 9.59 Å². The van der Waals surface area contributed by atoms with Gasteiger partial charge in [0.1, 0.15) is 11.6 Å². The molecule has 0 aromatic carbocycles. The smallest absolute Gasteiger partial charge is 0.339 e.